The average Bonchev–Trinajstić information content (AvgIpc) is 2.63. The lowest BCUT2D eigenvalue weighted by molar-refractivity contribution is 0.0316. The van der Waals surface area contributed by atoms with Crippen LogP contribution in [0.1, 0.15) is 23.3 Å². The van der Waals surface area contributed by atoms with Crippen molar-refractivity contribution in [3.05, 3.63) is 91.9 Å². The summed E-state index contributed by atoms with van der Waals surface area (Å²) in [6, 6.07) is 13.5. The highest BCUT2D eigenvalue weighted by molar-refractivity contribution is 6.35. The Hall–Kier alpha value is -1.98. The number of nitriles is 2. The van der Waals surface area contributed by atoms with Gasteiger partial charge in [0.15, 0.2) is 0 Å². The highest BCUT2D eigenvalue weighted by atomic mass is 35.5. The molecule has 0 N–H and O–H groups in total. The second kappa shape index (κ2) is 9.29. The summed E-state index contributed by atoms with van der Waals surface area (Å²) in [5, 5.41) is 20.2. The first-order valence-electron chi connectivity index (χ1n) is 7.51. The maximum atomic E-state index is 9.35. The van der Waals surface area contributed by atoms with Crippen LogP contribution in [0, 0.1) is 22.7 Å². The quantitative estimate of drug-likeness (QED) is 0.446. The molecule has 0 saturated carbocycles. The van der Waals surface area contributed by atoms with E-state index in [0.29, 0.717) is 31.2 Å². The summed E-state index contributed by atoms with van der Waals surface area (Å²) >= 11 is 24.4. The molecule has 0 fully saturated rings. The second-order valence-electron chi connectivity index (χ2n) is 5.50. The number of hydrogen-bond donors (Lipinski definition) is 0. The van der Waals surface area contributed by atoms with Crippen molar-refractivity contribution in [1.82, 2.24) is 0 Å². The molecular weight excluding hydrogens is 426 g/mol. The Morgan fingerprint density at radius 2 is 1.15 bits per heavy atom. The van der Waals surface area contributed by atoms with Crippen LogP contribution in [0.4, 0.5) is 0 Å². The molecule has 0 aliphatic rings. The van der Waals surface area contributed by atoms with E-state index in [0.717, 1.165) is 0 Å². The van der Waals surface area contributed by atoms with E-state index in [1.54, 1.807) is 24.3 Å². The van der Waals surface area contributed by atoms with Gasteiger partial charge in [0, 0.05) is 31.2 Å². The number of benzene rings is 2. The number of halogens is 4. The summed E-state index contributed by atoms with van der Waals surface area (Å²) in [6.07, 6.45) is -1.86. The van der Waals surface area contributed by atoms with Gasteiger partial charge in [-0.2, -0.15) is 10.5 Å². The standard InChI is InChI=1S/C20H12Cl4N2O/c1-11(9-25)19(15-5-3-13(21)7-17(15)23)27-20(12(2)10-26)16-6-4-14(22)8-18(16)24/h3-8,19-20H,1-2H2/t19-,20-/m1/s1. The topological polar surface area (TPSA) is 56.8 Å². The molecule has 27 heavy (non-hydrogen) atoms. The fraction of sp³-hybridized carbons (Fsp3) is 0.100. The minimum absolute atomic E-state index is 0.0973. The van der Waals surface area contributed by atoms with Crippen molar-refractivity contribution in [2.24, 2.45) is 0 Å². The zero-order valence-electron chi connectivity index (χ0n) is 13.8. The SMILES string of the molecule is C=C(C#N)[C@@H](O[C@H](C(=C)C#N)c1ccc(Cl)cc1Cl)c1ccc(Cl)cc1Cl. The Morgan fingerprint density at radius 1 is 0.778 bits per heavy atom. The van der Waals surface area contributed by atoms with Crippen LogP contribution in [-0.4, -0.2) is 0 Å². The zero-order valence-corrected chi connectivity index (χ0v) is 16.9. The van der Waals surface area contributed by atoms with Crippen LogP contribution >= 0.6 is 46.4 Å². The molecule has 0 aliphatic carbocycles. The van der Waals surface area contributed by atoms with Gasteiger partial charge in [-0.1, -0.05) is 71.7 Å². The summed E-state index contributed by atoms with van der Waals surface area (Å²) in [5.74, 6) is 0. The maximum absolute atomic E-state index is 9.35. The van der Waals surface area contributed by atoms with Crippen molar-refractivity contribution >= 4 is 46.4 Å². The number of rotatable bonds is 6. The Morgan fingerprint density at radius 3 is 1.44 bits per heavy atom. The first-order chi connectivity index (χ1) is 12.8. The van der Waals surface area contributed by atoms with Crippen molar-refractivity contribution in [3.63, 3.8) is 0 Å². The molecule has 136 valence electrons. The van der Waals surface area contributed by atoms with Crippen LogP contribution in [0.25, 0.3) is 0 Å². The Labute approximate surface area is 177 Å². The Kier molecular flexibility index (Phi) is 7.33. The molecule has 0 bridgehead atoms. The Balaban J connectivity index is 2.54. The minimum atomic E-state index is -0.929. The molecule has 0 spiro atoms. The summed E-state index contributed by atoms with van der Waals surface area (Å²) in [6.45, 7) is 7.47. The van der Waals surface area contributed by atoms with Gasteiger partial charge in [0.1, 0.15) is 12.2 Å². The van der Waals surface area contributed by atoms with Crippen LogP contribution in [0.2, 0.25) is 20.1 Å². The van der Waals surface area contributed by atoms with Gasteiger partial charge in [-0.05, 0) is 24.3 Å². The van der Waals surface area contributed by atoms with Crippen LogP contribution in [0.3, 0.4) is 0 Å². The van der Waals surface area contributed by atoms with E-state index in [-0.39, 0.29) is 11.1 Å². The van der Waals surface area contributed by atoms with Gasteiger partial charge >= 0.3 is 0 Å². The van der Waals surface area contributed by atoms with Crippen LogP contribution < -0.4 is 0 Å². The van der Waals surface area contributed by atoms with Gasteiger partial charge in [-0.25, -0.2) is 0 Å². The van der Waals surface area contributed by atoms with Gasteiger partial charge < -0.3 is 4.74 Å². The second-order valence-corrected chi connectivity index (χ2v) is 7.19. The lowest BCUT2D eigenvalue weighted by Crippen LogP contribution is -2.14. The summed E-state index contributed by atoms with van der Waals surface area (Å²) in [5.41, 5.74) is 1.15. The van der Waals surface area contributed by atoms with Gasteiger partial charge in [0.2, 0.25) is 0 Å². The first-order valence-corrected chi connectivity index (χ1v) is 9.02. The third-order valence-electron chi connectivity index (χ3n) is 3.68. The molecule has 0 aromatic heterocycles. The van der Waals surface area contributed by atoms with Crippen LogP contribution in [0.5, 0.6) is 0 Å². The molecule has 0 radical (unpaired) electrons. The van der Waals surface area contributed by atoms with Crippen molar-refractivity contribution in [3.8, 4) is 12.1 Å². The third-order valence-corrected chi connectivity index (χ3v) is 4.81. The van der Waals surface area contributed by atoms with Gasteiger partial charge in [0.05, 0.1) is 23.3 Å². The van der Waals surface area contributed by atoms with Crippen LogP contribution in [0.15, 0.2) is 60.7 Å². The van der Waals surface area contributed by atoms with E-state index in [2.05, 4.69) is 13.2 Å². The monoisotopic (exact) mass is 436 g/mol. The molecule has 7 heteroatoms. The van der Waals surface area contributed by atoms with Gasteiger partial charge in [-0.15, -0.1) is 0 Å². The average molecular weight is 438 g/mol. The predicted molar refractivity (Wildman–Crippen MR) is 109 cm³/mol. The van der Waals surface area contributed by atoms with E-state index in [1.165, 1.54) is 12.1 Å². The van der Waals surface area contributed by atoms with E-state index >= 15 is 0 Å². The van der Waals surface area contributed by atoms with Crippen molar-refractivity contribution < 1.29 is 4.74 Å². The van der Waals surface area contributed by atoms with Crippen molar-refractivity contribution in [2.75, 3.05) is 0 Å². The van der Waals surface area contributed by atoms with E-state index < -0.39 is 12.2 Å². The largest absolute Gasteiger partial charge is 0.355 e. The molecule has 2 atom stereocenters. The number of nitrogens with zero attached hydrogens (tertiary/aromatic N) is 2. The normalized spacial score (nSPS) is 12.5. The smallest absolute Gasteiger partial charge is 0.120 e. The van der Waals surface area contributed by atoms with E-state index in [1.807, 2.05) is 12.1 Å². The van der Waals surface area contributed by atoms with Gasteiger partial charge in [0.25, 0.3) is 0 Å². The van der Waals surface area contributed by atoms with Gasteiger partial charge in [-0.3, -0.25) is 0 Å². The zero-order chi connectivity index (χ0) is 20.1. The fourth-order valence-corrected chi connectivity index (χ4v) is 3.38. The molecular formula is C20H12Cl4N2O. The number of ether oxygens (including phenoxy) is 1. The summed E-state index contributed by atoms with van der Waals surface area (Å²) in [7, 11) is 0. The molecule has 3 nitrogen and oxygen atoms in total. The van der Waals surface area contributed by atoms with Crippen LogP contribution in [-0.2, 0) is 4.74 Å². The molecule has 0 heterocycles. The molecule has 0 amide bonds. The molecule has 2 aromatic carbocycles. The highest BCUT2D eigenvalue weighted by Crippen LogP contribution is 2.40. The predicted octanol–water partition coefficient (Wildman–Crippen LogP) is 7.26. The summed E-state index contributed by atoms with van der Waals surface area (Å²) in [4.78, 5) is 0. The summed E-state index contributed by atoms with van der Waals surface area (Å²) < 4.78 is 6.07. The first kappa shape index (κ1) is 21.3. The molecule has 2 rings (SSSR count). The highest BCUT2D eigenvalue weighted by Gasteiger charge is 2.27. The van der Waals surface area contributed by atoms with E-state index in [4.69, 9.17) is 51.1 Å². The van der Waals surface area contributed by atoms with E-state index in [9.17, 15) is 10.5 Å². The Bertz CT molecular complexity index is 909. The molecule has 0 unspecified atom stereocenters. The third kappa shape index (κ3) is 5.05. The molecule has 2 aromatic rings. The maximum Gasteiger partial charge on any atom is 0.120 e. The van der Waals surface area contributed by atoms with Crippen molar-refractivity contribution in [2.45, 2.75) is 12.2 Å². The number of hydrogen-bond acceptors (Lipinski definition) is 3. The molecule has 0 aliphatic heterocycles. The lowest BCUT2D eigenvalue weighted by atomic mass is 10.00. The fourth-order valence-electron chi connectivity index (χ4n) is 2.37. The lowest BCUT2D eigenvalue weighted by Gasteiger charge is -2.26. The minimum Gasteiger partial charge on any atom is -0.355 e. The molecule has 0 saturated heterocycles. The van der Waals surface area contributed by atoms with Crippen molar-refractivity contribution in [1.29, 1.82) is 10.5 Å².